The molecule has 0 aliphatic rings. The van der Waals surface area contributed by atoms with Gasteiger partial charge in [-0.3, -0.25) is 4.79 Å². The normalized spacial score (nSPS) is 10.2. The third-order valence-corrected chi connectivity index (χ3v) is 2.24. The second-order valence-corrected chi connectivity index (χ2v) is 3.65. The summed E-state index contributed by atoms with van der Waals surface area (Å²) in [6, 6.07) is 10.1. The van der Waals surface area contributed by atoms with E-state index in [2.05, 4.69) is 22.4 Å². The predicted octanol–water partition coefficient (Wildman–Crippen LogP) is 1.45. The number of nitrogens with zero attached hydrogens (tertiary/aromatic N) is 3. The Labute approximate surface area is 99.0 Å². The summed E-state index contributed by atoms with van der Waals surface area (Å²) >= 11 is 0. The molecule has 0 spiro atoms. The molecular weight excluding hydrogens is 218 g/mol. The maximum absolute atomic E-state index is 10.7. The minimum Gasteiger partial charge on any atom is -0.404 e. The molecule has 88 valence electrons. The third-order valence-electron chi connectivity index (χ3n) is 2.24. The number of carbonyl (C=O) groups excluding carboxylic acids is 1. The van der Waals surface area contributed by atoms with Crippen LogP contribution in [0, 0.1) is 0 Å². The second-order valence-electron chi connectivity index (χ2n) is 3.65. The van der Waals surface area contributed by atoms with Gasteiger partial charge in [0.15, 0.2) is 0 Å². The van der Waals surface area contributed by atoms with Gasteiger partial charge in [-0.2, -0.15) is 0 Å². The lowest BCUT2D eigenvalue weighted by Gasteiger charge is -2.00. The van der Waals surface area contributed by atoms with Gasteiger partial charge in [-0.1, -0.05) is 40.6 Å². The highest BCUT2D eigenvalue weighted by atomic mass is 16.5. The van der Waals surface area contributed by atoms with Gasteiger partial charge in [-0.15, -0.1) is 0 Å². The van der Waals surface area contributed by atoms with Crippen LogP contribution in [0.5, 0.6) is 5.88 Å². The highest BCUT2D eigenvalue weighted by molar-refractivity contribution is 5.68. The van der Waals surface area contributed by atoms with E-state index in [0.29, 0.717) is 6.54 Å². The fraction of sp³-hybridized carbons (Fsp3) is 0.250. The Morgan fingerprint density at radius 1 is 1.35 bits per heavy atom. The predicted molar refractivity (Wildman–Crippen MR) is 61.5 cm³/mol. The lowest BCUT2D eigenvalue weighted by Crippen LogP contribution is -2.02. The molecule has 0 aliphatic carbocycles. The number of hydrogen-bond acceptors (Lipinski definition) is 4. The Balaban J connectivity index is 1.91. The van der Waals surface area contributed by atoms with E-state index in [1.54, 1.807) is 10.9 Å². The largest absolute Gasteiger partial charge is 0.404 e. The summed E-state index contributed by atoms with van der Waals surface area (Å²) in [7, 11) is 0. The smallest absolute Gasteiger partial charge is 0.309 e. The molecule has 5 nitrogen and oxygen atoms in total. The number of esters is 1. The van der Waals surface area contributed by atoms with Gasteiger partial charge in [0.25, 0.3) is 5.88 Å². The number of rotatable bonds is 4. The number of hydrogen-bond donors (Lipinski definition) is 0. The van der Waals surface area contributed by atoms with Crippen molar-refractivity contribution in [1.29, 1.82) is 0 Å². The Morgan fingerprint density at radius 2 is 2.12 bits per heavy atom. The van der Waals surface area contributed by atoms with Crippen molar-refractivity contribution in [3.05, 3.63) is 42.1 Å². The quantitative estimate of drug-likeness (QED) is 0.747. The summed E-state index contributed by atoms with van der Waals surface area (Å²) in [6.45, 7) is 2.04. The molecule has 2 rings (SSSR count). The fourth-order valence-corrected chi connectivity index (χ4v) is 1.47. The maximum Gasteiger partial charge on any atom is 0.309 e. The first kappa shape index (κ1) is 11.3. The molecule has 1 aromatic carbocycles. The number of ether oxygens (including phenoxy) is 1. The summed E-state index contributed by atoms with van der Waals surface area (Å²) in [5.74, 6) is -0.148. The Hall–Kier alpha value is -2.17. The molecule has 0 aliphatic heterocycles. The molecule has 1 aromatic heterocycles. The molecule has 2 aromatic rings. The highest BCUT2D eigenvalue weighted by Crippen LogP contribution is 2.05. The molecule has 0 N–H and O–H groups in total. The van der Waals surface area contributed by atoms with Gasteiger partial charge >= 0.3 is 5.97 Å². The van der Waals surface area contributed by atoms with Crippen molar-refractivity contribution in [2.45, 2.75) is 19.9 Å². The van der Waals surface area contributed by atoms with Crippen LogP contribution in [0.3, 0.4) is 0 Å². The summed E-state index contributed by atoms with van der Waals surface area (Å²) in [6.07, 6.45) is 2.48. The van der Waals surface area contributed by atoms with E-state index in [9.17, 15) is 4.79 Å². The van der Waals surface area contributed by atoms with Gasteiger partial charge in [0.2, 0.25) is 0 Å². The van der Waals surface area contributed by atoms with Crippen LogP contribution in [0.25, 0.3) is 0 Å². The number of carbonyl (C=O) groups is 1. The fourth-order valence-electron chi connectivity index (χ4n) is 1.47. The Bertz CT molecular complexity index is 493. The number of aromatic nitrogens is 3. The van der Waals surface area contributed by atoms with Crippen LogP contribution in [-0.4, -0.2) is 21.0 Å². The van der Waals surface area contributed by atoms with Gasteiger partial charge < -0.3 is 4.74 Å². The van der Waals surface area contributed by atoms with Crippen LogP contribution >= 0.6 is 0 Å². The first-order valence-electron chi connectivity index (χ1n) is 5.36. The molecular formula is C12H13N3O2. The van der Waals surface area contributed by atoms with Gasteiger partial charge in [-0.05, 0) is 12.0 Å². The van der Waals surface area contributed by atoms with Gasteiger partial charge in [0.1, 0.15) is 0 Å². The van der Waals surface area contributed by atoms with Crippen molar-refractivity contribution in [2.24, 2.45) is 0 Å². The Kier molecular flexibility index (Phi) is 3.49. The topological polar surface area (TPSA) is 57.0 Å². The SMILES string of the molecule is CC(=O)Oc1cn(CCc2ccccc2)nn1. The summed E-state index contributed by atoms with van der Waals surface area (Å²) < 4.78 is 6.47. The van der Waals surface area contributed by atoms with Crippen LogP contribution in [0.2, 0.25) is 0 Å². The van der Waals surface area contributed by atoms with Crippen molar-refractivity contribution in [3.63, 3.8) is 0 Å². The standard InChI is InChI=1S/C12H13N3O2/c1-10(16)17-12-9-15(14-13-12)8-7-11-5-3-2-4-6-11/h2-6,9H,7-8H2,1H3. The van der Waals surface area contributed by atoms with Crippen LogP contribution < -0.4 is 4.74 Å². The Morgan fingerprint density at radius 3 is 2.82 bits per heavy atom. The van der Waals surface area contributed by atoms with E-state index in [4.69, 9.17) is 4.74 Å². The molecule has 5 heteroatoms. The van der Waals surface area contributed by atoms with Crippen LogP contribution in [0.1, 0.15) is 12.5 Å². The average Bonchev–Trinajstić information content (AvgIpc) is 2.75. The van der Waals surface area contributed by atoms with Crippen molar-refractivity contribution >= 4 is 5.97 Å². The third kappa shape index (κ3) is 3.41. The molecule has 0 saturated carbocycles. The molecule has 0 bridgehead atoms. The molecule has 0 unspecified atom stereocenters. The van der Waals surface area contributed by atoms with E-state index in [-0.39, 0.29) is 11.8 Å². The second kappa shape index (κ2) is 5.25. The lowest BCUT2D eigenvalue weighted by molar-refractivity contribution is -0.132. The van der Waals surface area contributed by atoms with Gasteiger partial charge in [-0.25, -0.2) is 4.68 Å². The first-order valence-corrected chi connectivity index (χ1v) is 5.36. The van der Waals surface area contributed by atoms with E-state index in [1.807, 2.05) is 18.2 Å². The molecule has 0 atom stereocenters. The molecule has 0 fully saturated rings. The van der Waals surface area contributed by atoms with Crippen LogP contribution in [0.4, 0.5) is 0 Å². The van der Waals surface area contributed by atoms with Crippen molar-refractivity contribution in [1.82, 2.24) is 15.0 Å². The van der Waals surface area contributed by atoms with E-state index in [0.717, 1.165) is 6.42 Å². The maximum atomic E-state index is 10.7. The minimum atomic E-state index is -0.389. The summed E-state index contributed by atoms with van der Waals surface area (Å²) in [4.78, 5) is 10.7. The number of aryl methyl sites for hydroxylation is 2. The lowest BCUT2D eigenvalue weighted by atomic mass is 10.1. The molecule has 17 heavy (non-hydrogen) atoms. The van der Waals surface area contributed by atoms with Crippen LogP contribution in [-0.2, 0) is 17.8 Å². The summed E-state index contributed by atoms with van der Waals surface area (Å²) in [5.41, 5.74) is 1.23. The number of benzene rings is 1. The van der Waals surface area contributed by atoms with E-state index < -0.39 is 0 Å². The molecule has 0 saturated heterocycles. The summed E-state index contributed by atoms with van der Waals surface area (Å²) in [5, 5.41) is 7.61. The highest BCUT2D eigenvalue weighted by Gasteiger charge is 2.03. The molecule has 0 radical (unpaired) electrons. The zero-order valence-electron chi connectivity index (χ0n) is 9.54. The monoisotopic (exact) mass is 231 g/mol. The van der Waals surface area contributed by atoms with E-state index >= 15 is 0 Å². The zero-order chi connectivity index (χ0) is 12.1. The molecule has 1 heterocycles. The van der Waals surface area contributed by atoms with Gasteiger partial charge in [0, 0.05) is 13.5 Å². The van der Waals surface area contributed by atoms with Crippen molar-refractivity contribution in [2.75, 3.05) is 0 Å². The zero-order valence-corrected chi connectivity index (χ0v) is 9.54. The molecule has 0 amide bonds. The van der Waals surface area contributed by atoms with Crippen molar-refractivity contribution in [3.8, 4) is 5.88 Å². The minimum absolute atomic E-state index is 0.241. The average molecular weight is 231 g/mol. The van der Waals surface area contributed by atoms with Gasteiger partial charge in [0.05, 0.1) is 6.20 Å². The van der Waals surface area contributed by atoms with Crippen LogP contribution in [0.15, 0.2) is 36.5 Å². The van der Waals surface area contributed by atoms with E-state index in [1.165, 1.54) is 12.5 Å². The van der Waals surface area contributed by atoms with Crippen molar-refractivity contribution < 1.29 is 9.53 Å². The first-order chi connectivity index (χ1) is 8.24.